The van der Waals surface area contributed by atoms with Gasteiger partial charge in [0.1, 0.15) is 24.5 Å². The van der Waals surface area contributed by atoms with Gasteiger partial charge in [-0.25, -0.2) is 9.97 Å². The van der Waals surface area contributed by atoms with Crippen molar-refractivity contribution in [2.75, 3.05) is 19.8 Å². The maximum Gasteiger partial charge on any atom is 0.310 e. The monoisotopic (exact) mass is 1050 g/mol. The van der Waals surface area contributed by atoms with E-state index in [1.165, 1.54) is 5.57 Å². The topological polar surface area (TPSA) is 310 Å². The Morgan fingerprint density at radius 3 is 2.29 bits per heavy atom. The van der Waals surface area contributed by atoms with Gasteiger partial charge in [0, 0.05) is 53.2 Å². The van der Waals surface area contributed by atoms with E-state index in [1.54, 1.807) is 18.9 Å². The Hall–Kier alpha value is -3.30. The fourth-order valence-corrected chi connectivity index (χ4v) is 20.5. The highest BCUT2D eigenvalue weighted by molar-refractivity contribution is 5.86. The number of nitrogens with one attached hydrogen (secondary N) is 3. The second-order valence-electron chi connectivity index (χ2n) is 26.9. The van der Waals surface area contributed by atoms with Crippen molar-refractivity contribution in [2.45, 2.75) is 198 Å². The van der Waals surface area contributed by atoms with E-state index in [-0.39, 0.29) is 61.7 Å². The minimum atomic E-state index is -1.65. The van der Waals surface area contributed by atoms with Gasteiger partial charge < -0.3 is 71.3 Å². The molecule has 6 saturated carbocycles. The molecule has 2 bridgehead atoms. The number of allylic oxidation sites excluding steroid dienone is 2. The number of carbonyl (C=O) groups is 2. The van der Waals surface area contributed by atoms with E-state index >= 15 is 4.79 Å². The number of carbonyl (C=O) groups excluding carboxylic acids is 1. The number of aromatic amines is 2. The van der Waals surface area contributed by atoms with E-state index in [0.29, 0.717) is 70.6 Å². The Balaban J connectivity index is 1.11. The van der Waals surface area contributed by atoms with Crippen LogP contribution in [0.1, 0.15) is 154 Å². The van der Waals surface area contributed by atoms with Crippen LogP contribution in [0.3, 0.4) is 0 Å². The molecule has 0 unspecified atom stereocenters. The minimum absolute atomic E-state index is 0.0132. The molecule has 2 saturated heterocycles. The highest BCUT2D eigenvalue weighted by Crippen LogP contribution is 2.86. The van der Waals surface area contributed by atoms with Crippen molar-refractivity contribution in [2.24, 2.45) is 78.6 Å². The standard InChI is InChI=1S/C57H86N6O12/c1-50(27-64)18-19-55(49(72)73)22-31(20-32-24-59-29-61-32)57-15-7-14-56(17-10-34(57)37(55)23-50)52(57,3)16-11-40-51(2,28-65)46(75-47-45(70)44(69)39(66)26-74-47)43(68)36(53(40,56)4)21-35-42(63-48(71)54(35)12-5-6-13-54)33(8-9-41(58)67)38-25-60-30-62-38/h10,24-25,29-31,33,35-37,39-47,64-70H,5-9,11-23,26-28,58H2,1-4H3,(H,59,61)(H,60,62)(H,63,71)(H,72,73)/t31-,33-,35+,36-,37+,39-,40-,41+,42+,43-,44+,45-,46-,47+,50+,51+,52-,53+,55+,56+,57-/m1/s1. The number of aromatic nitrogens is 4. The average molecular weight is 1050 g/mol. The molecule has 11 rings (SSSR count). The minimum Gasteiger partial charge on any atom is -0.481 e. The third-order valence-electron chi connectivity index (χ3n) is 24.2. The van der Waals surface area contributed by atoms with Gasteiger partial charge in [-0.05, 0) is 148 Å². The van der Waals surface area contributed by atoms with Crippen molar-refractivity contribution in [1.82, 2.24) is 25.3 Å². The molecule has 18 heteroatoms. The van der Waals surface area contributed by atoms with Gasteiger partial charge in [0.2, 0.25) is 5.91 Å². The molecular weight excluding hydrogens is 961 g/mol. The van der Waals surface area contributed by atoms with Gasteiger partial charge in [0.15, 0.2) is 6.29 Å². The normalized spacial score (nSPS) is 47.7. The van der Waals surface area contributed by atoms with Crippen LogP contribution in [-0.2, 0) is 25.5 Å². The molecule has 21 atom stereocenters. The highest BCUT2D eigenvalue weighted by atomic mass is 16.7. The number of aliphatic carboxylic acids is 1. The number of ether oxygens (including phenoxy) is 2. The van der Waals surface area contributed by atoms with E-state index in [4.69, 9.17) is 15.2 Å². The second-order valence-corrected chi connectivity index (χ2v) is 26.9. The molecule has 416 valence electrons. The number of nitrogens with zero attached hydrogens (tertiary/aromatic N) is 2. The van der Waals surface area contributed by atoms with E-state index < -0.39 is 104 Å². The molecule has 18 nitrogen and oxygen atoms in total. The number of imidazole rings is 2. The van der Waals surface area contributed by atoms with Gasteiger partial charge in [0.05, 0.1) is 48.9 Å². The van der Waals surface area contributed by atoms with E-state index in [1.807, 2.05) is 13.1 Å². The number of aliphatic hydroxyl groups is 7. The van der Waals surface area contributed by atoms with Crippen molar-refractivity contribution in [3.05, 3.63) is 48.1 Å². The first-order valence-electron chi connectivity index (χ1n) is 28.5. The summed E-state index contributed by atoms with van der Waals surface area (Å²) in [6, 6.07) is -0.439. The first-order chi connectivity index (χ1) is 35.7. The lowest BCUT2D eigenvalue weighted by molar-refractivity contribution is -0.361. The van der Waals surface area contributed by atoms with Crippen molar-refractivity contribution in [3.8, 4) is 0 Å². The molecule has 2 aromatic rings. The van der Waals surface area contributed by atoms with Crippen molar-refractivity contribution < 1.29 is 59.9 Å². The molecule has 0 aromatic carbocycles. The van der Waals surface area contributed by atoms with Gasteiger partial charge in [-0.15, -0.1) is 0 Å². The van der Waals surface area contributed by atoms with Gasteiger partial charge in [0.25, 0.3) is 0 Å². The zero-order valence-corrected chi connectivity index (χ0v) is 44.5. The second kappa shape index (κ2) is 18.9. The highest BCUT2D eigenvalue weighted by Gasteiger charge is 2.81. The number of fused-ring (bicyclic) bond motifs is 3. The largest absolute Gasteiger partial charge is 0.481 e. The molecule has 8 fully saturated rings. The lowest BCUT2D eigenvalue weighted by Gasteiger charge is -2.81. The molecule has 13 N–H and O–H groups in total. The van der Waals surface area contributed by atoms with Crippen LogP contribution >= 0.6 is 0 Å². The summed E-state index contributed by atoms with van der Waals surface area (Å²) in [4.78, 5) is 44.8. The Morgan fingerprint density at radius 1 is 0.880 bits per heavy atom. The number of aliphatic hydroxyl groups excluding tert-OH is 7. The summed E-state index contributed by atoms with van der Waals surface area (Å²) in [6.45, 7) is 8.23. The predicted molar refractivity (Wildman–Crippen MR) is 272 cm³/mol. The Bertz CT molecular complexity index is 2450. The molecule has 75 heavy (non-hydrogen) atoms. The third kappa shape index (κ3) is 7.45. The summed E-state index contributed by atoms with van der Waals surface area (Å²) in [6.07, 6.45) is 11.3. The summed E-state index contributed by atoms with van der Waals surface area (Å²) in [5.74, 6) is -2.72. The Morgan fingerprint density at radius 2 is 1.63 bits per heavy atom. The first kappa shape index (κ1) is 53.7. The SMILES string of the molecule is C[C@]1(CO)CC[C@]2(C(=O)O)C[C@@H](Cc3cnc[nH]3)[C@]34CCC[C@@]5(CC=C3[C@@H]2C1)[C@@]1(C)[C@H](C[C@H]2[C@H]([C@H](CC[C@@H](N)O)c3cnc[nH]3)NC(=O)C23CCCC3)[C@@H](O)[C@@H](O[C@@H]2OC[C@@H](O)[C@H](O)[C@H]2O)[C@@](C)(CO)[C@H]1CC[C@]54C. The quantitative estimate of drug-likeness (QED) is 0.0717. The Labute approximate surface area is 440 Å². The van der Waals surface area contributed by atoms with Crippen LogP contribution < -0.4 is 11.1 Å². The number of hydrogen-bond donors (Lipinski definition) is 12. The van der Waals surface area contributed by atoms with Gasteiger partial charge in [-0.2, -0.15) is 0 Å². The number of carboxylic acid groups (broad SMARTS) is 1. The molecule has 1 amide bonds. The van der Waals surface area contributed by atoms with Crippen molar-refractivity contribution in [1.29, 1.82) is 0 Å². The molecule has 2 aromatic heterocycles. The number of rotatable bonds is 14. The first-order valence-corrected chi connectivity index (χ1v) is 28.5. The Kier molecular flexibility index (Phi) is 13.6. The summed E-state index contributed by atoms with van der Waals surface area (Å²) < 4.78 is 12.8. The molecular formula is C57H86N6O12. The van der Waals surface area contributed by atoms with Crippen LogP contribution in [0, 0.1) is 72.9 Å². The zero-order valence-electron chi connectivity index (χ0n) is 44.5. The van der Waals surface area contributed by atoms with Crippen molar-refractivity contribution in [3.63, 3.8) is 0 Å². The van der Waals surface area contributed by atoms with Crippen molar-refractivity contribution >= 4 is 11.9 Å². The van der Waals surface area contributed by atoms with Gasteiger partial charge in [-0.1, -0.05) is 58.6 Å². The van der Waals surface area contributed by atoms with E-state index in [0.717, 1.165) is 49.9 Å². The summed E-state index contributed by atoms with van der Waals surface area (Å²) in [7, 11) is 0. The number of carboxylic acids is 1. The smallest absolute Gasteiger partial charge is 0.310 e. The van der Waals surface area contributed by atoms with Gasteiger partial charge in [-0.3, -0.25) is 9.59 Å². The lowest BCUT2D eigenvalue weighted by atomic mass is 9.23. The maximum atomic E-state index is 15.0. The third-order valence-corrected chi connectivity index (χ3v) is 24.2. The molecule has 4 heterocycles. The molecule has 7 aliphatic carbocycles. The van der Waals surface area contributed by atoms with Crippen LogP contribution in [-0.4, -0.2) is 142 Å². The summed E-state index contributed by atoms with van der Waals surface area (Å²) in [5, 5.41) is 95.7. The fourth-order valence-electron chi connectivity index (χ4n) is 20.5. The number of amides is 1. The van der Waals surface area contributed by atoms with E-state index in [9.17, 15) is 45.6 Å². The molecule has 0 radical (unpaired) electrons. The van der Waals surface area contributed by atoms with Crippen LogP contribution in [0.25, 0.3) is 0 Å². The van der Waals surface area contributed by atoms with Crippen LogP contribution in [0.15, 0.2) is 36.7 Å². The molecule has 2 aliphatic heterocycles. The summed E-state index contributed by atoms with van der Waals surface area (Å²) >= 11 is 0. The number of H-pyrrole nitrogens is 2. The van der Waals surface area contributed by atoms with Gasteiger partial charge >= 0.3 is 5.97 Å². The molecule has 9 aliphatic rings. The maximum absolute atomic E-state index is 15.0. The summed E-state index contributed by atoms with van der Waals surface area (Å²) in [5.41, 5.74) is 3.34. The van der Waals surface area contributed by atoms with Crippen LogP contribution in [0.4, 0.5) is 0 Å². The zero-order chi connectivity index (χ0) is 53.3. The van der Waals surface area contributed by atoms with E-state index in [2.05, 4.69) is 52.1 Å². The predicted octanol–water partition coefficient (Wildman–Crippen LogP) is 4.19. The van der Waals surface area contributed by atoms with Crippen LogP contribution in [0.2, 0.25) is 0 Å². The fraction of sp³-hybridized carbons (Fsp3) is 0.825. The lowest BCUT2D eigenvalue weighted by Crippen LogP contribution is -2.78. The van der Waals surface area contributed by atoms with Crippen LogP contribution in [0.5, 0.6) is 0 Å². The molecule has 2 spiro atoms. The number of hydrogen-bond acceptors (Lipinski definition) is 14. The average Bonchev–Trinajstić information content (AvgIpc) is 4.28. The number of nitrogens with two attached hydrogens (primary N) is 1.